The minimum absolute atomic E-state index is 0.107. The fourth-order valence-corrected chi connectivity index (χ4v) is 2.14. The minimum atomic E-state index is -1.26. The molecule has 0 aliphatic carbocycles. The third-order valence-corrected chi connectivity index (χ3v) is 3.25. The molecule has 0 atom stereocenters. The summed E-state index contributed by atoms with van der Waals surface area (Å²) in [7, 11) is 0. The standard InChI is InChI=1S/C13H13N3O6/c17-11-3-4-12(18)15(11)6-5-14-9-2-1-8(13(19)20)7-10(9)16(21)22/h1-2,7,14H,3-6H2,(H,19,20). The zero-order chi connectivity index (χ0) is 16.3. The number of nitro benzene ring substituents is 1. The van der Waals surface area contributed by atoms with Gasteiger partial charge in [0.1, 0.15) is 5.69 Å². The van der Waals surface area contributed by atoms with E-state index in [1.807, 2.05) is 0 Å². The topological polar surface area (TPSA) is 130 Å². The average molecular weight is 307 g/mol. The van der Waals surface area contributed by atoms with Crippen molar-refractivity contribution < 1.29 is 24.4 Å². The largest absolute Gasteiger partial charge is 0.478 e. The van der Waals surface area contributed by atoms with Gasteiger partial charge in [0.05, 0.1) is 10.5 Å². The van der Waals surface area contributed by atoms with Crippen molar-refractivity contribution in [3.05, 3.63) is 33.9 Å². The SMILES string of the molecule is O=C(O)c1ccc(NCCN2C(=O)CCC2=O)c([N+](=O)[O-])c1. The van der Waals surface area contributed by atoms with Crippen LogP contribution in [0, 0.1) is 10.1 Å². The van der Waals surface area contributed by atoms with E-state index in [-0.39, 0.29) is 54.7 Å². The Balaban J connectivity index is 2.06. The number of carboxylic acid groups (broad SMARTS) is 1. The Hall–Kier alpha value is -2.97. The number of aromatic carboxylic acids is 1. The first-order valence-electron chi connectivity index (χ1n) is 6.49. The maximum absolute atomic E-state index is 11.4. The molecule has 9 nitrogen and oxygen atoms in total. The van der Waals surface area contributed by atoms with Crippen molar-refractivity contribution in [1.29, 1.82) is 0 Å². The number of carbonyl (C=O) groups is 3. The molecule has 2 N–H and O–H groups in total. The number of imide groups is 1. The van der Waals surface area contributed by atoms with Gasteiger partial charge in [0.15, 0.2) is 0 Å². The summed E-state index contributed by atoms with van der Waals surface area (Å²) in [6, 6.07) is 3.48. The molecule has 1 aromatic carbocycles. The van der Waals surface area contributed by atoms with Gasteiger partial charge in [0.25, 0.3) is 5.69 Å². The highest BCUT2D eigenvalue weighted by molar-refractivity contribution is 6.01. The van der Waals surface area contributed by atoms with Crippen molar-refractivity contribution in [2.75, 3.05) is 18.4 Å². The second-order valence-electron chi connectivity index (χ2n) is 4.66. The fraction of sp³-hybridized carbons (Fsp3) is 0.308. The zero-order valence-electron chi connectivity index (χ0n) is 11.4. The van der Waals surface area contributed by atoms with Gasteiger partial charge in [-0.25, -0.2) is 4.79 Å². The van der Waals surface area contributed by atoms with Crippen LogP contribution in [0.1, 0.15) is 23.2 Å². The summed E-state index contributed by atoms with van der Waals surface area (Å²) in [5.74, 6) is -1.78. The molecule has 9 heteroatoms. The number of benzene rings is 1. The monoisotopic (exact) mass is 307 g/mol. The molecular formula is C13H13N3O6. The van der Waals surface area contributed by atoms with Gasteiger partial charge in [-0.05, 0) is 12.1 Å². The van der Waals surface area contributed by atoms with Gasteiger partial charge in [-0.3, -0.25) is 24.6 Å². The van der Waals surface area contributed by atoms with Crippen LogP contribution in [0.15, 0.2) is 18.2 Å². The summed E-state index contributed by atoms with van der Waals surface area (Å²) in [5, 5.41) is 22.6. The highest BCUT2D eigenvalue weighted by atomic mass is 16.6. The average Bonchev–Trinajstić information content (AvgIpc) is 2.78. The van der Waals surface area contributed by atoms with Crippen LogP contribution in [0.2, 0.25) is 0 Å². The fourth-order valence-electron chi connectivity index (χ4n) is 2.14. The van der Waals surface area contributed by atoms with Crippen LogP contribution >= 0.6 is 0 Å². The molecule has 0 radical (unpaired) electrons. The van der Waals surface area contributed by atoms with Crippen LogP contribution in [0.25, 0.3) is 0 Å². The minimum Gasteiger partial charge on any atom is -0.478 e. The van der Waals surface area contributed by atoms with E-state index in [1.54, 1.807) is 0 Å². The van der Waals surface area contributed by atoms with Gasteiger partial charge in [0, 0.05) is 32.0 Å². The van der Waals surface area contributed by atoms with Gasteiger partial charge in [-0.15, -0.1) is 0 Å². The highest BCUT2D eigenvalue weighted by Crippen LogP contribution is 2.25. The Morgan fingerprint density at radius 3 is 2.50 bits per heavy atom. The Kier molecular flexibility index (Phi) is 4.35. The number of nitrogens with one attached hydrogen (secondary N) is 1. The third-order valence-electron chi connectivity index (χ3n) is 3.25. The van der Waals surface area contributed by atoms with Gasteiger partial charge in [-0.1, -0.05) is 0 Å². The predicted molar refractivity (Wildman–Crippen MR) is 74.5 cm³/mol. The number of hydrogen-bond donors (Lipinski definition) is 2. The van der Waals surface area contributed by atoms with Crippen LogP contribution in [0.3, 0.4) is 0 Å². The molecule has 2 rings (SSSR count). The second kappa shape index (κ2) is 6.20. The van der Waals surface area contributed by atoms with E-state index < -0.39 is 10.9 Å². The first-order chi connectivity index (χ1) is 10.4. The molecule has 22 heavy (non-hydrogen) atoms. The van der Waals surface area contributed by atoms with Crippen LogP contribution in [-0.2, 0) is 9.59 Å². The molecule has 0 unspecified atom stereocenters. The lowest BCUT2D eigenvalue weighted by molar-refractivity contribution is -0.384. The van der Waals surface area contributed by atoms with Crippen LogP contribution in [0.4, 0.5) is 11.4 Å². The van der Waals surface area contributed by atoms with Crippen molar-refractivity contribution >= 4 is 29.2 Å². The van der Waals surface area contributed by atoms with Crippen LogP contribution in [-0.4, -0.2) is 45.8 Å². The molecule has 1 saturated heterocycles. The van der Waals surface area contributed by atoms with E-state index in [1.165, 1.54) is 12.1 Å². The summed E-state index contributed by atoms with van der Waals surface area (Å²) in [6.07, 6.45) is 0.374. The lowest BCUT2D eigenvalue weighted by atomic mass is 10.1. The maximum atomic E-state index is 11.4. The molecule has 0 bridgehead atoms. The van der Waals surface area contributed by atoms with E-state index >= 15 is 0 Å². The lowest BCUT2D eigenvalue weighted by Crippen LogP contribution is -2.33. The molecule has 0 spiro atoms. The molecule has 2 amide bonds. The Labute approximate surface area is 124 Å². The van der Waals surface area contributed by atoms with Gasteiger partial charge >= 0.3 is 5.97 Å². The molecular weight excluding hydrogens is 294 g/mol. The molecule has 1 aliphatic heterocycles. The lowest BCUT2D eigenvalue weighted by Gasteiger charge is -2.14. The molecule has 1 heterocycles. The zero-order valence-corrected chi connectivity index (χ0v) is 11.4. The van der Waals surface area contributed by atoms with Crippen molar-refractivity contribution in [1.82, 2.24) is 4.90 Å². The number of carbonyl (C=O) groups excluding carboxylic acids is 2. The van der Waals surface area contributed by atoms with Crippen molar-refractivity contribution in [2.24, 2.45) is 0 Å². The van der Waals surface area contributed by atoms with Gasteiger partial charge < -0.3 is 10.4 Å². The summed E-state index contributed by atoms with van der Waals surface area (Å²) in [5.41, 5.74) is -0.435. The third kappa shape index (κ3) is 3.19. The summed E-state index contributed by atoms with van der Waals surface area (Å²) in [4.78, 5) is 45.1. The number of nitro groups is 1. The van der Waals surface area contributed by atoms with E-state index in [4.69, 9.17) is 5.11 Å². The Morgan fingerprint density at radius 1 is 1.32 bits per heavy atom. The normalized spacial score (nSPS) is 14.3. The van der Waals surface area contributed by atoms with Gasteiger partial charge in [-0.2, -0.15) is 0 Å². The maximum Gasteiger partial charge on any atom is 0.335 e. The van der Waals surface area contributed by atoms with Crippen molar-refractivity contribution in [3.8, 4) is 0 Å². The molecule has 0 aromatic heterocycles. The van der Waals surface area contributed by atoms with Gasteiger partial charge in [0.2, 0.25) is 11.8 Å². The van der Waals surface area contributed by atoms with Crippen LogP contribution in [0.5, 0.6) is 0 Å². The molecule has 116 valence electrons. The number of hydrogen-bond acceptors (Lipinski definition) is 6. The first-order valence-corrected chi connectivity index (χ1v) is 6.49. The smallest absolute Gasteiger partial charge is 0.335 e. The molecule has 1 aromatic rings. The predicted octanol–water partition coefficient (Wildman–Crippen LogP) is 0.854. The van der Waals surface area contributed by atoms with E-state index in [2.05, 4.69) is 5.32 Å². The number of rotatable bonds is 6. The second-order valence-corrected chi connectivity index (χ2v) is 4.66. The number of carboxylic acids is 1. The number of likely N-dealkylation sites (tertiary alicyclic amines) is 1. The van der Waals surface area contributed by atoms with E-state index in [0.717, 1.165) is 11.0 Å². The van der Waals surface area contributed by atoms with Crippen LogP contribution < -0.4 is 5.32 Å². The summed E-state index contributed by atoms with van der Waals surface area (Å²) in [6.45, 7) is 0.250. The van der Waals surface area contributed by atoms with Crippen molar-refractivity contribution in [3.63, 3.8) is 0 Å². The van der Waals surface area contributed by atoms with Crippen molar-refractivity contribution in [2.45, 2.75) is 12.8 Å². The molecule has 0 saturated carbocycles. The summed E-state index contributed by atoms with van der Waals surface area (Å²) >= 11 is 0. The van der Waals surface area contributed by atoms with E-state index in [0.29, 0.717) is 0 Å². The number of nitrogens with zero attached hydrogens (tertiary/aromatic N) is 2. The van der Waals surface area contributed by atoms with E-state index in [9.17, 15) is 24.5 Å². The highest BCUT2D eigenvalue weighted by Gasteiger charge is 2.28. The number of amides is 2. The first kappa shape index (κ1) is 15.4. The molecule has 1 aliphatic rings. The Bertz CT molecular complexity index is 641. The molecule has 1 fully saturated rings. The quantitative estimate of drug-likeness (QED) is 0.452. The Morgan fingerprint density at radius 2 is 1.95 bits per heavy atom. The summed E-state index contributed by atoms with van der Waals surface area (Å²) < 4.78 is 0. The number of anilines is 1.